The van der Waals surface area contributed by atoms with E-state index in [1.165, 1.54) is 0 Å². The Morgan fingerprint density at radius 2 is 1.69 bits per heavy atom. The topological polar surface area (TPSA) is 208 Å². The van der Waals surface area contributed by atoms with Crippen LogP contribution >= 0.6 is 0 Å². The highest BCUT2D eigenvalue weighted by molar-refractivity contribution is 6.01. The van der Waals surface area contributed by atoms with Gasteiger partial charge in [0.2, 0.25) is 5.91 Å². The summed E-state index contributed by atoms with van der Waals surface area (Å²) in [7, 11) is 0. The summed E-state index contributed by atoms with van der Waals surface area (Å²) < 4.78 is 1.95. The van der Waals surface area contributed by atoms with E-state index in [9.17, 15) is 9.59 Å². The van der Waals surface area contributed by atoms with Crippen LogP contribution in [0.1, 0.15) is 28.0 Å². The van der Waals surface area contributed by atoms with Crippen molar-refractivity contribution >= 4 is 51.2 Å². The third-order valence-electron chi connectivity index (χ3n) is 7.47. The molecule has 0 aliphatic heterocycles. The molecule has 0 aliphatic rings. The molecule has 2 heterocycles. The van der Waals surface area contributed by atoms with Gasteiger partial charge in [0.15, 0.2) is 11.9 Å². The number of anilines is 1. The molecular formula is C33H38N10O2. The van der Waals surface area contributed by atoms with Crippen molar-refractivity contribution in [2.75, 3.05) is 18.4 Å². The minimum Gasteiger partial charge on any atom is -0.370 e. The van der Waals surface area contributed by atoms with E-state index in [1.54, 1.807) is 6.07 Å². The number of aliphatic imine (C=N–C) groups is 2. The zero-order chi connectivity index (χ0) is 31.8. The second kappa shape index (κ2) is 14.1. The number of aryl methyl sites for hydroxylation is 1. The first-order valence-electron chi connectivity index (χ1n) is 14.7. The fourth-order valence-electron chi connectivity index (χ4n) is 5.39. The van der Waals surface area contributed by atoms with Crippen LogP contribution in [0, 0.1) is 0 Å². The molecule has 0 spiro atoms. The number of para-hydroxylation sites is 1. The number of nitrogens with zero attached hydrogens (tertiary/aromatic N) is 3. The SMILES string of the molecule is NC(N)=NCCCn1c(C(=O)NCCc2c[nH]c3ccccc23)cc2cc(NC(=O)C(Cc3ccccc3)N=C(N)N)ccc21. The number of rotatable bonds is 13. The lowest BCUT2D eigenvalue weighted by Gasteiger charge is -2.14. The molecule has 5 aromatic rings. The summed E-state index contributed by atoms with van der Waals surface area (Å²) in [5.74, 6) is -0.693. The summed E-state index contributed by atoms with van der Waals surface area (Å²) in [6.07, 6.45) is 3.61. The smallest absolute Gasteiger partial charge is 0.267 e. The number of hydrogen-bond donors (Lipinski definition) is 7. The average Bonchev–Trinajstić information content (AvgIpc) is 3.60. The van der Waals surface area contributed by atoms with Gasteiger partial charge < -0.3 is 43.1 Å². The minimum atomic E-state index is -0.813. The van der Waals surface area contributed by atoms with Crippen molar-refractivity contribution in [3.05, 3.63) is 102 Å². The fraction of sp³-hybridized carbons (Fsp3) is 0.212. The van der Waals surface area contributed by atoms with E-state index < -0.39 is 6.04 Å². The number of H-pyrrole nitrogens is 1. The van der Waals surface area contributed by atoms with Crippen LogP contribution in [-0.4, -0.2) is 52.4 Å². The zero-order valence-corrected chi connectivity index (χ0v) is 24.9. The molecule has 0 bridgehead atoms. The van der Waals surface area contributed by atoms with Crippen LogP contribution in [0.5, 0.6) is 0 Å². The largest absolute Gasteiger partial charge is 0.370 e. The van der Waals surface area contributed by atoms with Crippen molar-refractivity contribution in [2.24, 2.45) is 32.9 Å². The van der Waals surface area contributed by atoms with Gasteiger partial charge in [-0.15, -0.1) is 0 Å². The van der Waals surface area contributed by atoms with Gasteiger partial charge in [-0.05, 0) is 54.3 Å². The van der Waals surface area contributed by atoms with Crippen molar-refractivity contribution in [3.63, 3.8) is 0 Å². The molecule has 2 amide bonds. The van der Waals surface area contributed by atoms with E-state index >= 15 is 0 Å². The number of benzene rings is 3. The van der Waals surface area contributed by atoms with Crippen molar-refractivity contribution < 1.29 is 9.59 Å². The van der Waals surface area contributed by atoms with Crippen LogP contribution in [-0.2, 0) is 24.2 Å². The number of amides is 2. The minimum absolute atomic E-state index is 0.0225. The molecule has 11 N–H and O–H groups in total. The van der Waals surface area contributed by atoms with Gasteiger partial charge in [-0.1, -0.05) is 48.5 Å². The Kier molecular flexibility index (Phi) is 9.63. The molecular weight excluding hydrogens is 568 g/mol. The van der Waals surface area contributed by atoms with Crippen molar-refractivity contribution in [1.29, 1.82) is 0 Å². The van der Waals surface area contributed by atoms with Gasteiger partial charge >= 0.3 is 0 Å². The van der Waals surface area contributed by atoms with E-state index in [1.807, 2.05) is 77.5 Å². The first-order chi connectivity index (χ1) is 21.8. The molecule has 12 nitrogen and oxygen atoms in total. The molecule has 232 valence electrons. The third-order valence-corrected chi connectivity index (χ3v) is 7.47. The van der Waals surface area contributed by atoms with Gasteiger partial charge in [0, 0.05) is 59.7 Å². The molecule has 0 saturated carbocycles. The fourth-order valence-corrected chi connectivity index (χ4v) is 5.39. The van der Waals surface area contributed by atoms with Crippen molar-refractivity contribution in [2.45, 2.75) is 31.8 Å². The molecule has 0 fully saturated rings. The van der Waals surface area contributed by atoms with Crippen molar-refractivity contribution in [1.82, 2.24) is 14.9 Å². The number of carbonyl (C=O) groups excluding carboxylic acids is 2. The maximum absolute atomic E-state index is 13.5. The lowest BCUT2D eigenvalue weighted by molar-refractivity contribution is -0.117. The lowest BCUT2D eigenvalue weighted by atomic mass is 10.1. The number of carbonyl (C=O) groups is 2. The lowest BCUT2D eigenvalue weighted by Crippen LogP contribution is -2.33. The summed E-state index contributed by atoms with van der Waals surface area (Å²) in [4.78, 5) is 38.3. The van der Waals surface area contributed by atoms with Gasteiger partial charge in [-0.25, -0.2) is 4.99 Å². The first kappa shape index (κ1) is 30.7. The number of guanidine groups is 2. The van der Waals surface area contributed by atoms with E-state index in [2.05, 4.69) is 31.7 Å². The van der Waals surface area contributed by atoms with Crippen molar-refractivity contribution in [3.8, 4) is 0 Å². The van der Waals surface area contributed by atoms with Crippen LogP contribution in [0.25, 0.3) is 21.8 Å². The quantitative estimate of drug-likeness (QED) is 0.0608. The third kappa shape index (κ3) is 7.79. The maximum atomic E-state index is 13.5. The van der Waals surface area contributed by atoms with Crippen LogP contribution in [0.3, 0.4) is 0 Å². The Bertz CT molecular complexity index is 1850. The summed E-state index contributed by atoms with van der Waals surface area (Å²) in [5, 5.41) is 7.93. The molecule has 0 radical (unpaired) electrons. The highest BCUT2D eigenvalue weighted by atomic mass is 16.2. The second-order valence-electron chi connectivity index (χ2n) is 10.7. The number of aromatic amines is 1. The summed E-state index contributed by atoms with van der Waals surface area (Å²) >= 11 is 0. The zero-order valence-electron chi connectivity index (χ0n) is 24.9. The molecule has 0 aliphatic carbocycles. The summed E-state index contributed by atoms with van der Waals surface area (Å²) in [6, 6.07) is 24.1. The number of hydrogen-bond acceptors (Lipinski definition) is 4. The second-order valence-corrected chi connectivity index (χ2v) is 10.7. The van der Waals surface area contributed by atoms with Crippen LogP contribution < -0.4 is 33.6 Å². The van der Waals surface area contributed by atoms with Gasteiger partial charge in [0.25, 0.3) is 5.91 Å². The van der Waals surface area contributed by atoms with Gasteiger partial charge in [-0.3, -0.25) is 14.6 Å². The molecule has 12 heteroatoms. The molecule has 1 atom stereocenters. The molecule has 1 unspecified atom stereocenters. The predicted octanol–water partition coefficient (Wildman–Crippen LogP) is 2.58. The van der Waals surface area contributed by atoms with Crippen LogP contribution in [0.4, 0.5) is 5.69 Å². The van der Waals surface area contributed by atoms with E-state index in [0.717, 1.165) is 32.9 Å². The maximum Gasteiger partial charge on any atom is 0.267 e. The normalized spacial score (nSPS) is 11.6. The first-order valence-corrected chi connectivity index (χ1v) is 14.7. The van der Waals surface area contributed by atoms with Gasteiger partial charge in [0.1, 0.15) is 11.7 Å². The van der Waals surface area contributed by atoms with E-state index in [4.69, 9.17) is 22.9 Å². The highest BCUT2D eigenvalue weighted by Gasteiger charge is 2.20. The number of fused-ring (bicyclic) bond motifs is 2. The predicted molar refractivity (Wildman–Crippen MR) is 180 cm³/mol. The molecule has 3 aromatic carbocycles. The number of nitrogens with one attached hydrogen (secondary N) is 3. The monoisotopic (exact) mass is 606 g/mol. The summed E-state index contributed by atoms with van der Waals surface area (Å²) in [5.41, 5.74) is 27.3. The molecule has 0 saturated heterocycles. The average molecular weight is 607 g/mol. The van der Waals surface area contributed by atoms with E-state index in [0.29, 0.717) is 50.3 Å². The van der Waals surface area contributed by atoms with Gasteiger partial charge in [-0.2, -0.15) is 0 Å². The standard InChI is InChI=1S/C33H38N10O2/c34-32(35)39-14-6-16-43-28-12-11-24(41-30(44)27(42-33(36)37)17-21-7-2-1-3-8-21)18-23(28)19-29(43)31(45)38-15-13-22-20-40-26-10-5-4-9-25(22)26/h1-5,7-12,18-20,27,40H,6,13-17H2,(H,38,45)(H,41,44)(H4,34,35,39)(H4,36,37,42). The molecule has 2 aromatic heterocycles. The number of nitrogens with two attached hydrogens (primary N) is 4. The Morgan fingerprint density at radius 1 is 0.911 bits per heavy atom. The Hall–Kier alpha value is -5.78. The van der Waals surface area contributed by atoms with Gasteiger partial charge in [0.05, 0.1) is 0 Å². The molecule has 5 rings (SSSR count). The number of aromatic nitrogens is 2. The van der Waals surface area contributed by atoms with Crippen LogP contribution in [0.2, 0.25) is 0 Å². The Labute approximate surface area is 260 Å². The summed E-state index contributed by atoms with van der Waals surface area (Å²) in [6.45, 7) is 1.40. The Morgan fingerprint density at radius 3 is 2.47 bits per heavy atom. The van der Waals surface area contributed by atoms with Crippen LogP contribution in [0.15, 0.2) is 95.0 Å². The highest BCUT2D eigenvalue weighted by Crippen LogP contribution is 2.25. The van der Waals surface area contributed by atoms with E-state index in [-0.39, 0.29) is 23.7 Å². The Balaban J connectivity index is 1.34. The molecule has 45 heavy (non-hydrogen) atoms.